The van der Waals surface area contributed by atoms with Gasteiger partial charge in [-0.2, -0.15) is 0 Å². The van der Waals surface area contributed by atoms with Crippen LogP contribution in [0.4, 0.5) is 5.82 Å². The molecule has 1 fully saturated rings. The van der Waals surface area contributed by atoms with E-state index in [9.17, 15) is 0 Å². The fourth-order valence-corrected chi connectivity index (χ4v) is 4.19. The van der Waals surface area contributed by atoms with Gasteiger partial charge in [-0.15, -0.1) is 11.3 Å². The summed E-state index contributed by atoms with van der Waals surface area (Å²) in [5.41, 5.74) is 2.16. The molecule has 0 spiro atoms. The number of benzene rings is 1. The van der Waals surface area contributed by atoms with Crippen LogP contribution >= 0.6 is 11.3 Å². The Balaban J connectivity index is 1.72. The standard InChI is InChI=1S/C20H23N3OS/c1-3-22-9-11-23(12-10-22)20-17-8-13-25-19(17)14-18(21-20)15-4-6-16(24-2)7-5-15/h4-8,13-14H,3,9-12H2,1-2H3. The molecular formula is C20H23N3OS. The van der Waals surface area contributed by atoms with Crippen LogP contribution in [0.15, 0.2) is 41.8 Å². The third kappa shape index (κ3) is 3.22. The second-order valence-corrected chi connectivity index (χ2v) is 7.26. The molecule has 1 aliphatic heterocycles. The van der Waals surface area contributed by atoms with Crippen molar-refractivity contribution in [2.24, 2.45) is 0 Å². The molecule has 130 valence electrons. The topological polar surface area (TPSA) is 28.6 Å². The lowest BCUT2D eigenvalue weighted by Gasteiger charge is -2.35. The largest absolute Gasteiger partial charge is 0.497 e. The molecule has 0 atom stereocenters. The van der Waals surface area contributed by atoms with Crippen LogP contribution in [-0.2, 0) is 0 Å². The Hall–Kier alpha value is -2.11. The van der Waals surface area contributed by atoms with Gasteiger partial charge in [-0.3, -0.25) is 0 Å². The maximum absolute atomic E-state index is 5.27. The molecule has 0 bridgehead atoms. The summed E-state index contributed by atoms with van der Waals surface area (Å²) < 4.78 is 6.57. The Morgan fingerprint density at radius 3 is 2.52 bits per heavy atom. The van der Waals surface area contributed by atoms with E-state index in [4.69, 9.17) is 9.72 Å². The van der Waals surface area contributed by atoms with Gasteiger partial charge in [-0.1, -0.05) is 6.92 Å². The first-order valence-electron chi connectivity index (χ1n) is 8.78. The highest BCUT2D eigenvalue weighted by atomic mass is 32.1. The Morgan fingerprint density at radius 1 is 1.08 bits per heavy atom. The molecular weight excluding hydrogens is 330 g/mol. The number of fused-ring (bicyclic) bond motifs is 1. The molecule has 0 aliphatic carbocycles. The lowest BCUT2D eigenvalue weighted by molar-refractivity contribution is 0.271. The average Bonchev–Trinajstić information content (AvgIpc) is 3.16. The second-order valence-electron chi connectivity index (χ2n) is 6.31. The van der Waals surface area contributed by atoms with E-state index in [1.54, 1.807) is 18.4 Å². The summed E-state index contributed by atoms with van der Waals surface area (Å²) in [5.74, 6) is 2.00. The Kier molecular flexibility index (Phi) is 4.59. The van der Waals surface area contributed by atoms with Crippen molar-refractivity contribution < 1.29 is 4.74 Å². The van der Waals surface area contributed by atoms with Gasteiger partial charge in [0.1, 0.15) is 11.6 Å². The molecule has 4 nitrogen and oxygen atoms in total. The fraction of sp³-hybridized carbons (Fsp3) is 0.350. The quantitative estimate of drug-likeness (QED) is 0.706. The number of piperazine rings is 1. The summed E-state index contributed by atoms with van der Waals surface area (Å²) in [6.45, 7) is 7.65. The third-order valence-electron chi connectivity index (χ3n) is 4.94. The van der Waals surface area contributed by atoms with Gasteiger partial charge in [0, 0.05) is 41.8 Å². The zero-order valence-electron chi connectivity index (χ0n) is 14.7. The number of methoxy groups -OCH3 is 1. The second kappa shape index (κ2) is 7.02. The third-order valence-corrected chi connectivity index (χ3v) is 5.80. The molecule has 25 heavy (non-hydrogen) atoms. The first-order valence-corrected chi connectivity index (χ1v) is 9.66. The highest BCUT2D eigenvalue weighted by molar-refractivity contribution is 7.17. The van der Waals surface area contributed by atoms with Crippen molar-refractivity contribution in [1.82, 2.24) is 9.88 Å². The predicted octanol–water partition coefficient (Wildman–Crippen LogP) is 4.11. The zero-order valence-corrected chi connectivity index (χ0v) is 15.6. The number of hydrogen-bond donors (Lipinski definition) is 0. The molecule has 3 aromatic rings. The minimum Gasteiger partial charge on any atom is -0.497 e. The number of ether oxygens (including phenoxy) is 1. The summed E-state index contributed by atoms with van der Waals surface area (Å²) in [5, 5.41) is 3.43. The molecule has 1 aromatic carbocycles. The van der Waals surface area contributed by atoms with Crippen molar-refractivity contribution in [3.8, 4) is 17.0 Å². The van der Waals surface area contributed by atoms with Gasteiger partial charge in [0.05, 0.1) is 12.8 Å². The van der Waals surface area contributed by atoms with Crippen molar-refractivity contribution in [3.05, 3.63) is 41.8 Å². The maximum Gasteiger partial charge on any atom is 0.138 e. The smallest absolute Gasteiger partial charge is 0.138 e. The van der Waals surface area contributed by atoms with Crippen LogP contribution in [0.3, 0.4) is 0 Å². The summed E-state index contributed by atoms with van der Waals surface area (Å²) in [6.07, 6.45) is 0. The molecule has 3 heterocycles. The summed E-state index contributed by atoms with van der Waals surface area (Å²) in [7, 11) is 1.69. The van der Waals surface area contributed by atoms with Gasteiger partial charge in [0.25, 0.3) is 0 Å². The molecule has 5 heteroatoms. The van der Waals surface area contributed by atoms with Crippen molar-refractivity contribution in [2.45, 2.75) is 6.92 Å². The Bertz CT molecular complexity index is 851. The minimum atomic E-state index is 0.872. The number of hydrogen-bond acceptors (Lipinski definition) is 5. The Morgan fingerprint density at radius 2 is 1.84 bits per heavy atom. The van der Waals surface area contributed by atoms with E-state index in [2.05, 4.69) is 46.4 Å². The molecule has 0 radical (unpaired) electrons. The van der Waals surface area contributed by atoms with E-state index >= 15 is 0 Å². The monoisotopic (exact) mass is 353 g/mol. The van der Waals surface area contributed by atoms with Gasteiger partial charge in [-0.25, -0.2) is 4.98 Å². The van der Waals surface area contributed by atoms with E-state index in [0.29, 0.717) is 0 Å². The first-order chi connectivity index (χ1) is 12.3. The Labute approximate surface area is 152 Å². The SMILES string of the molecule is CCN1CCN(c2nc(-c3ccc(OC)cc3)cc3sccc23)CC1. The number of nitrogens with zero attached hydrogens (tertiary/aromatic N) is 3. The van der Waals surface area contributed by atoms with E-state index in [-0.39, 0.29) is 0 Å². The normalized spacial score (nSPS) is 15.7. The molecule has 4 rings (SSSR count). The number of aromatic nitrogens is 1. The van der Waals surface area contributed by atoms with Crippen LogP contribution in [-0.4, -0.2) is 49.7 Å². The van der Waals surface area contributed by atoms with E-state index in [1.165, 1.54) is 10.1 Å². The van der Waals surface area contributed by atoms with Crippen LogP contribution in [0.25, 0.3) is 21.3 Å². The van der Waals surface area contributed by atoms with Crippen LogP contribution < -0.4 is 9.64 Å². The fourth-order valence-electron chi connectivity index (χ4n) is 3.37. The summed E-state index contributed by atoms with van der Waals surface area (Å²) in [4.78, 5) is 9.98. The highest BCUT2D eigenvalue weighted by Gasteiger charge is 2.20. The zero-order chi connectivity index (χ0) is 17.2. The average molecular weight is 353 g/mol. The van der Waals surface area contributed by atoms with E-state index in [0.717, 1.165) is 55.5 Å². The van der Waals surface area contributed by atoms with Gasteiger partial charge in [0.2, 0.25) is 0 Å². The van der Waals surface area contributed by atoms with Crippen molar-refractivity contribution >= 4 is 27.2 Å². The van der Waals surface area contributed by atoms with Crippen LogP contribution in [0.1, 0.15) is 6.92 Å². The predicted molar refractivity (Wildman–Crippen MR) is 106 cm³/mol. The van der Waals surface area contributed by atoms with E-state index in [1.807, 2.05) is 12.1 Å². The lowest BCUT2D eigenvalue weighted by atomic mass is 10.1. The molecule has 0 unspecified atom stereocenters. The minimum absolute atomic E-state index is 0.872. The highest BCUT2D eigenvalue weighted by Crippen LogP contribution is 2.34. The first kappa shape index (κ1) is 16.4. The van der Waals surface area contributed by atoms with Crippen molar-refractivity contribution in [2.75, 3.05) is 44.7 Å². The van der Waals surface area contributed by atoms with Gasteiger partial charge in [-0.05, 0) is 48.3 Å². The molecule has 1 aliphatic rings. The number of anilines is 1. The van der Waals surface area contributed by atoms with E-state index < -0.39 is 0 Å². The van der Waals surface area contributed by atoms with Gasteiger partial charge < -0.3 is 14.5 Å². The van der Waals surface area contributed by atoms with Gasteiger partial charge in [0.15, 0.2) is 0 Å². The number of rotatable bonds is 4. The summed E-state index contributed by atoms with van der Waals surface area (Å²) in [6, 6.07) is 12.6. The lowest BCUT2D eigenvalue weighted by Crippen LogP contribution is -2.46. The van der Waals surface area contributed by atoms with Crippen LogP contribution in [0, 0.1) is 0 Å². The van der Waals surface area contributed by atoms with Crippen molar-refractivity contribution in [1.29, 1.82) is 0 Å². The number of likely N-dealkylation sites (N-methyl/N-ethyl adjacent to an activating group) is 1. The number of thiophene rings is 1. The van der Waals surface area contributed by atoms with Gasteiger partial charge >= 0.3 is 0 Å². The maximum atomic E-state index is 5.27. The van der Waals surface area contributed by atoms with Crippen LogP contribution in [0.2, 0.25) is 0 Å². The molecule has 2 aromatic heterocycles. The summed E-state index contributed by atoms with van der Waals surface area (Å²) >= 11 is 1.79. The number of pyridine rings is 1. The van der Waals surface area contributed by atoms with Crippen molar-refractivity contribution in [3.63, 3.8) is 0 Å². The molecule has 0 saturated carbocycles. The molecule has 1 saturated heterocycles. The molecule has 0 amide bonds. The van der Waals surface area contributed by atoms with Crippen LogP contribution in [0.5, 0.6) is 5.75 Å². The molecule has 0 N–H and O–H groups in total.